The van der Waals surface area contributed by atoms with Gasteiger partial charge in [-0.3, -0.25) is 14.6 Å². The number of hydrogen-bond donors (Lipinski definition) is 2. The number of hydrogen-bond acceptors (Lipinski definition) is 7. The zero-order chi connectivity index (χ0) is 26.0. The molecule has 0 amide bonds. The highest BCUT2D eigenvalue weighted by atomic mass is 16.6. The number of aliphatic hydroxyl groups is 2. The van der Waals surface area contributed by atoms with Gasteiger partial charge in [-0.2, -0.15) is 0 Å². The Morgan fingerprint density at radius 1 is 1.20 bits per heavy atom. The van der Waals surface area contributed by atoms with Gasteiger partial charge >= 0.3 is 5.97 Å². The molecule has 7 nitrogen and oxygen atoms in total. The number of esters is 1. The van der Waals surface area contributed by atoms with Gasteiger partial charge in [0.05, 0.1) is 41.4 Å². The number of carbonyl (C=O) groups excluding carboxylic acids is 2. The summed E-state index contributed by atoms with van der Waals surface area (Å²) in [7, 11) is 0. The minimum Gasteiger partial charge on any atom is -0.458 e. The number of fused-ring (bicyclic) bond motifs is 1. The first-order chi connectivity index (χ1) is 16.3. The largest absolute Gasteiger partial charge is 0.458 e. The molecule has 0 aromatic carbocycles. The third-order valence-corrected chi connectivity index (χ3v) is 7.60. The summed E-state index contributed by atoms with van der Waals surface area (Å²) >= 11 is 0. The van der Waals surface area contributed by atoms with Crippen molar-refractivity contribution in [2.75, 3.05) is 0 Å². The van der Waals surface area contributed by atoms with Crippen LogP contribution in [0.5, 0.6) is 0 Å². The molecule has 0 aliphatic carbocycles. The molecule has 1 fully saturated rings. The summed E-state index contributed by atoms with van der Waals surface area (Å²) in [5, 5.41) is 21.6. The predicted molar refractivity (Wildman–Crippen MR) is 133 cm³/mol. The molecule has 1 aromatic rings. The van der Waals surface area contributed by atoms with Crippen LogP contribution >= 0.6 is 0 Å². The Hall–Kier alpha value is -2.35. The summed E-state index contributed by atoms with van der Waals surface area (Å²) in [5.74, 6) is -1.61. The van der Waals surface area contributed by atoms with Gasteiger partial charge in [-0.15, -0.1) is 0 Å². The first kappa shape index (κ1) is 27.2. The minimum atomic E-state index is -1.25. The first-order valence-electron chi connectivity index (χ1n) is 12.4. The lowest BCUT2D eigenvalue weighted by Gasteiger charge is -2.33. The van der Waals surface area contributed by atoms with Crippen LogP contribution in [-0.2, 0) is 19.1 Å². The molecular weight excluding hydrogens is 446 g/mol. The molecule has 3 heterocycles. The van der Waals surface area contributed by atoms with Crippen molar-refractivity contribution >= 4 is 17.8 Å². The van der Waals surface area contributed by atoms with E-state index in [1.807, 2.05) is 51.1 Å². The molecular formula is C28H39NO6. The SMILES string of the molecule is CC(=Cc1ccccn1)[C@@H]1C[C@H]2O[C@]2(C)CC/C=C(\C)[C@H](O)[C@@H](C)C(=O)C(C)(C)[C@@H](O)CC(=O)O1. The lowest BCUT2D eigenvalue weighted by Crippen LogP contribution is -2.44. The molecule has 0 bridgehead atoms. The molecule has 35 heavy (non-hydrogen) atoms. The van der Waals surface area contributed by atoms with Crippen molar-refractivity contribution in [3.63, 3.8) is 0 Å². The van der Waals surface area contributed by atoms with E-state index in [2.05, 4.69) is 4.98 Å². The van der Waals surface area contributed by atoms with Gasteiger partial charge in [0.1, 0.15) is 11.9 Å². The van der Waals surface area contributed by atoms with Crippen molar-refractivity contribution in [1.82, 2.24) is 4.98 Å². The van der Waals surface area contributed by atoms with Crippen molar-refractivity contribution < 1.29 is 29.3 Å². The average Bonchev–Trinajstić information content (AvgIpc) is 3.45. The zero-order valence-corrected chi connectivity index (χ0v) is 21.7. The molecule has 7 heteroatoms. The summed E-state index contributed by atoms with van der Waals surface area (Å²) in [5.41, 5.74) is 0.720. The van der Waals surface area contributed by atoms with E-state index in [9.17, 15) is 19.8 Å². The van der Waals surface area contributed by atoms with Crippen LogP contribution in [0.3, 0.4) is 0 Å². The maximum absolute atomic E-state index is 13.2. The smallest absolute Gasteiger partial charge is 0.309 e. The van der Waals surface area contributed by atoms with Crippen LogP contribution in [-0.4, -0.2) is 57.0 Å². The number of ether oxygens (including phenoxy) is 2. The van der Waals surface area contributed by atoms with E-state index in [0.29, 0.717) is 12.8 Å². The zero-order valence-electron chi connectivity index (χ0n) is 21.7. The second-order valence-electron chi connectivity index (χ2n) is 10.8. The number of ketones is 1. The lowest BCUT2D eigenvalue weighted by atomic mass is 9.74. The fraction of sp³-hybridized carbons (Fsp3) is 0.607. The molecule has 0 saturated carbocycles. The van der Waals surface area contributed by atoms with Crippen LogP contribution in [0, 0.1) is 11.3 Å². The highest BCUT2D eigenvalue weighted by Gasteiger charge is 2.52. The number of allylic oxidation sites excluding steroid dienone is 1. The number of cyclic esters (lactones) is 1. The topological polar surface area (TPSA) is 109 Å². The van der Waals surface area contributed by atoms with E-state index < -0.39 is 35.6 Å². The lowest BCUT2D eigenvalue weighted by molar-refractivity contribution is -0.154. The Kier molecular flexibility index (Phi) is 8.35. The van der Waals surface area contributed by atoms with E-state index in [0.717, 1.165) is 23.3 Å². The number of aromatic nitrogens is 1. The predicted octanol–water partition coefficient (Wildman–Crippen LogP) is 4.03. The van der Waals surface area contributed by atoms with E-state index in [1.54, 1.807) is 27.0 Å². The molecule has 2 aliphatic heterocycles. The Balaban J connectivity index is 1.89. The number of rotatable bonds is 2. The Morgan fingerprint density at radius 2 is 1.91 bits per heavy atom. The molecule has 6 atom stereocenters. The van der Waals surface area contributed by atoms with Crippen molar-refractivity contribution in [3.8, 4) is 0 Å². The number of pyridine rings is 1. The third kappa shape index (κ3) is 6.46. The molecule has 1 saturated heterocycles. The molecule has 1 aromatic heterocycles. The Bertz CT molecular complexity index is 984. The van der Waals surface area contributed by atoms with E-state index in [4.69, 9.17) is 9.47 Å². The number of epoxide rings is 1. The van der Waals surface area contributed by atoms with Crippen molar-refractivity contribution in [2.24, 2.45) is 11.3 Å². The van der Waals surface area contributed by atoms with Gasteiger partial charge in [0.2, 0.25) is 0 Å². The van der Waals surface area contributed by atoms with Gasteiger partial charge in [0.25, 0.3) is 0 Å². The number of aliphatic hydroxyl groups excluding tert-OH is 2. The van der Waals surface area contributed by atoms with Crippen LogP contribution in [0.4, 0.5) is 0 Å². The summed E-state index contributed by atoms with van der Waals surface area (Å²) in [6.45, 7) is 10.6. The quantitative estimate of drug-likeness (QED) is 0.370. The fourth-order valence-electron chi connectivity index (χ4n) is 4.73. The van der Waals surface area contributed by atoms with Gasteiger partial charge in [-0.05, 0) is 63.0 Å². The molecule has 0 spiro atoms. The van der Waals surface area contributed by atoms with E-state index in [-0.39, 0.29) is 23.9 Å². The summed E-state index contributed by atoms with van der Waals surface area (Å²) in [6.07, 6.45) is 4.30. The van der Waals surface area contributed by atoms with Crippen LogP contribution in [0.2, 0.25) is 0 Å². The van der Waals surface area contributed by atoms with Gasteiger partial charge < -0.3 is 19.7 Å². The Morgan fingerprint density at radius 3 is 2.57 bits per heavy atom. The fourth-order valence-corrected chi connectivity index (χ4v) is 4.73. The number of Topliss-reactive ketones (excluding diaryl/α,β-unsaturated/α-hetero) is 1. The second-order valence-corrected chi connectivity index (χ2v) is 10.8. The average molecular weight is 486 g/mol. The minimum absolute atomic E-state index is 0.0826. The number of nitrogens with zero attached hydrogens (tertiary/aromatic N) is 1. The van der Waals surface area contributed by atoms with E-state index >= 15 is 0 Å². The normalized spacial score (nSPS) is 36.5. The number of carbonyl (C=O) groups is 2. The van der Waals surface area contributed by atoms with Crippen molar-refractivity contribution in [3.05, 3.63) is 47.3 Å². The highest BCUT2D eigenvalue weighted by Crippen LogP contribution is 2.44. The summed E-state index contributed by atoms with van der Waals surface area (Å²) in [4.78, 5) is 30.4. The molecule has 0 unspecified atom stereocenters. The van der Waals surface area contributed by atoms with Crippen LogP contribution in [0.25, 0.3) is 6.08 Å². The third-order valence-electron chi connectivity index (χ3n) is 7.60. The molecule has 192 valence electrons. The van der Waals surface area contributed by atoms with Gasteiger partial charge in [0.15, 0.2) is 0 Å². The van der Waals surface area contributed by atoms with E-state index in [1.165, 1.54) is 0 Å². The van der Waals surface area contributed by atoms with Gasteiger partial charge in [-0.25, -0.2) is 0 Å². The molecule has 3 rings (SSSR count). The highest BCUT2D eigenvalue weighted by molar-refractivity contribution is 5.88. The summed E-state index contributed by atoms with van der Waals surface area (Å²) in [6, 6.07) is 5.60. The maximum Gasteiger partial charge on any atom is 0.309 e. The second kappa shape index (κ2) is 10.7. The standard InChI is InChI=1S/C28H39NO6/c1-17-10-9-12-28(6)23(35-28)15-21(18(2)14-20-11-7-8-13-29-20)34-24(31)16-22(30)27(4,5)26(33)19(3)25(17)32/h7-8,10-11,13-14,19,21-23,25,30,32H,9,12,15-16H2,1-6H3/b17-10+,18-14?/t19-,21+,22+,23-,25+,28-/m1/s1. The summed E-state index contributed by atoms with van der Waals surface area (Å²) < 4.78 is 11.9. The van der Waals surface area contributed by atoms with Crippen LogP contribution in [0.1, 0.15) is 72.9 Å². The molecule has 2 aliphatic rings. The molecule has 0 radical (unpaired) electrons. The first-order valence-corrected chi connectivity index (χ1v) is 12.4. The monoisotopic (exact) mass is 485 g/mol. The van der Waals surface area contributed by atoms with Crippen LogP contribution in [0.15, 0.2) is 41.6 Å². The Labute approximate surface area is 208 Å². The van der Waals surface area contributed by atoms with Gasteiger partial charge in [0, 0.05) is 18.5 Å². The van der Waals surface area contributed by atoms with Crippen molar-refractivity contribution in [2.45, 2.75) is 97.2 Å². The maximum atomic E-state index is 13.2. The molecule has 2 N–H and O–H groups in total. The van der Waals surface area contributed by atoms with Crippen LogP contribution < -0.4 is 0 Å². The van der Waals surface area contributed by atoms with Crippen molar-refractivity contribution in [1.29, 1.82) is 0 Å². The van der Waals surface area contributed by atoms with Gasteiger partial charge in [-0.1, -0.05) is 32.9 Å².